The highest BCUT2D eigenvalue weighted by Gasteiger charge is 2.24. The Morgan fingerprint density at radius 3 is 1.41 bits per heavy atom. The number of hydrogen-bond acceptors (Lipinski definition) is 2. The molecule has 0 bridgehead atoms. The Kier molecular flexibility index (Phi) is 4.15. The number of hydrogen-bond donors (Lipinski definition) is 0. The molecule has 1 aromatic heterocycles. The van der Waals surface area contributed by atoms with Crippen LogP contribution in [0.2, 0.25) is 0 Å². The first-order valence-electron chi connectivity index (χ1n) is 27.2. The Bertz CT molecular complexity index is 3940. The first-order chi connectivity index (χ1) is 35.5. The molecular formula is C52H35NO. The highest BCUT2D eigenvalue weighted by atomic mass is 16.3. The monoisotopic (exact) mass is 710 g/mol. The molecule has 0 unspecified atom stereocenters. The number of benzene rings is 9. The van der Waals surface area contributed by atoms with Gasteiger partial charge in [-0.05, 0) is 86.6 Å². The Morgan fingerprint density at radius 2 is 0.852 bits per heavy atom. The molecule has 54 heavy (non-hydrogen) atoms. The second-order valence-corrected chi connectivity index (χ2v) is 12.1. The minimum Gasteiger partial charge on any atom is -0.455 e. The minimum atomic E-state index is -0.901. The maximum atomic E-state index is 10.2. The van der Waals surface area contributed by atoms with E-state index in [1.54, 1.807) is 60.7 Å². The van der Waals surface area contributed by atoms with Gasteiger partial charge in [-0.2, -0.15) is 0 Å². The van der Waals surface area contributed by atoms with Crippen LogP contribution in [0.25, 0.3) is 77.2 Å². The molecule has 0 saturated heterocycles. The van der Waals surface area contributed by atoms with Crippen LogP contribution in [-0.4, -0.2) is 0 Å². The summed E-state index contributed by atoms with van der Waals surface area (Å²) in [5.41, 5.74) is -3.21. The molecule has 0 atom stereocenters. The van der Waals surface area contributed by atoms with Gasteiger partial charge >= 0.3 is 0 Å². The van der Waals surface area contributed by atoms with E-state index in [-0.39, 0.29) is 11.4 Å². The number of rotatable bonds is 7. The van der Waals surface area contributed by atoms with Crippen molar-refractivity contribution in [2.45, 2.75) is 0 Å². The molecule has 0 aliphatic carbocycles. The topological polar surface area (TPSA) is 16.4 Å². The SMILES string of the molecule is [2H]c1cc(-c2ccccc2)cc([2H])c1N(c1c([2H])cc(-c2ccccc2)cc1[2H])c1c([2H])c([2H])c(-c2c([2H])c([2H])c([2H])c([2H])c2[2H])c2oc3c4c([2H])c([2H])c([2H])c([2H])c4c(-c4c([2H])c([2H])c([2H])c([2H])c4[2H])c([2H])c3c12. The summed E-state index contributed by atoms with van der Waals surface area (Å²) in [6, 6.07) is 6.88. The van der Waals surface area contributed by atoms with E-state index in [4.69, 9.17) is 20.9 Å². The second-order valence-electron chi connectivity index (χ2n) is 12.1. The average Bonchev–Trinajstić information content (AvgIpc) is 3.80. The van der Waals surface area contributed by atoms with Gasteiger partial charge < -0.3 is 9.32 Å². The maximum absolute atomic E-state index is 10.2. The zero-order chi connectivity index (χ0) is 54.1. The summed E-state index contributed by atoms with van der Waals surface area (Å²) >= 11 is 0. The molecule has 2 nitrogen and oxygen atoms in total. The third-order valence-corrected chi connectivity index (χ3v) is 8.94. The van der Waals surface area contributed by atoms with Crippen molar-refractivity contribution >= 4 is 49.8 Å². The summed E-state index contributed by atoms with van der Waals surface area (Å²) in [4.78, 5) is 1.02. The van der Waals surface area contributed by atoms with Crippen molar-refractivity contribution in [3.63, 3.8) is 0 Å². The lowest BCUT2D eigenvalue weighted by Crippen LogP contribution is -2.10. The van der Waals surface area contributed by atoms with Gasteiger partial charge in [0.05, 0.1) is 39.9 Å². The Labute approximate surface area is 344 Å². The molecule has 1 heterocycles. The Hall–Kier alpha value is -7.16. The van der Waals surface area contributed by atoms with Gasteiger partial charge in [-0.15, -0.1) is 0 Å². The molecule has 0 spiro atoms. The van der Waals surface area contributed by atoms with Gasteiger partial charge in [0, 0.05) is 27.7 Å². The fourth-order valence-corrected chi connectivity index (χ4v) is 6.45. The van der Waals surface area contributed by atoms with E-state index in [1.165, 1.54) is 24.3 Å². The van der Waals surface area contributed by atoms with Gasteiger partial charge in [-0.25, -0.2) is 0 Å². The van der Waals surface area contributed by atoms with Crippen molar-refractivity contribution in [2.75, 3.05) is 4.90 Å². The molecular weight excluding hydrogens is 655 g/mol. The van der Waals surface area contributed by atoms with Crippen LogP contribution in [0.3, 0.4) is 0 Å². The molecule has 0 aliphatic heterocycles. The first-order valence-corrected chi connectivity index (χ1v) is 16.7. The average molecular weight is 711 g/mol. The van der Waals surface area contributed by atoms with Crippen molar-refractivity contribution in [1.29, 1.82) is 0 Å². The third-order valence-electron chi connectivity index (χ3n) is 8.94. The maximum Gasteiger partial charge on any atom is 0.145 e. The van der Waals surface area contributed by atoms with Gasteiger partial charge in [-0.1, -0.05) is 170 Å². The summed E-state index contributed by atoms with van der Waals surface area (Å²) in [5.74, 6) is 0. The van der Waals surface area contributed by atoms with E-state index in [0.29, 0.717) is 22.3 Å². The molecule has 0 N–H and O–H groups in total. The predicted octanol–water partition coefficient (Wildman–Crippen LogP) is 14.9. The van der Waals surface area contributed by atoms with Crippen LogP contribution >= 0.6 is 0 Å². The van der Waals surface area contributed by atoms with Crippen molar-refractivity contribution in [3.8, 4) is 44.5 Å². The van der Waals surface area contributed by atoms with E-state index in [2.05, 4.69) is 0 Å². The molecule has 2 heteroatoms. The number of nitrogens with zero attached hydrogens (tertiary/aromatic N) is 1. The van der Waals surface area contributed by atoms with Crippen molar-refractivity contribution in [2.24, 2.45) is 0 Å². The van der Waals surface area contributed by atoms with E-state index >= 15 is 0 Å². The second kappa shape index (κ2) is 13.4. The van der Waals surface area contributed by atoms with Crippen LogP contribution < -0.4 is 4.90 Å². The summed E-state index contributed by atoms with van der Waals surface area (Å²) in [6.45, 7) is 0. The zero-order valence-corrected chi connectivity index (χ0v) is 27.9. The number of furan rings is 1. The van der Waals surface area contributed by atoms with Crippen LogP contribution in [0.1, 0.15) is 28.8 Å². The van der Waals surface area contributed by atoms with Gasteiger partial charge in [-0.3, -0.25) is 0 Å². The standard InChI is InChI=1S/C52H35NO/c1-5-15-36(16-6-1)38-25-29-42(30-26-38)53(43-31-27-39(28-32-43)37-17-7-2-8-18-37)49-34-33-44(40-19-9-3-10-20-40)52-50(49)48-35-47(41-21-11-4-12-22-41)45-23-13-14-24-46(45)51(48)54-52/h1-35H/i3D,4D,9D,10D,11D,12D,13D,14D,19D,20D,21D,22D,23D,24D,29D,30D,31D,32D,33D,34D,35D. The smallest absolute Gasteiger partial charge is 0.145 e. The summed E-state index contributed by atoms with van der Waals surface area (Å²) in [5, 5.41) is -2.11. The van der Waals surface area contributed by atoms with E-state index in [1.807, 2.05) is 0 Å². The molecule has 0 aliphatic rings. The normalized spacial score (nSPS) is 16.8. The summed E-state index contributed by atoms with van der Waals surface area (Å²) in [6.07, 6.45) is 0. The fraction of sp³-hybridized carbons (Fsp3) is 0. The van der Waals surface area contributed by atoms with Crippen LogP contribution in [0.4, 0.5) is 17.1 Å². The van der Waals surface area contributed by atoms with Crippen molar-refractivity contribution < 1.29 is 33.2 Å². The molecule has 0 radical (unpaired) electrons. The number of anilines is 3. The Morgan fingerprint density at radius 1 is 0.370 bits per heavy atom. The fourth-order valence-electron chi connectivity index (χ4n) is 6.45. The lowest BCUT2D eigenvalue weighted by atomic mass is 9.94. The van der Waals surface area contributed by atoms with Crippen LogP contribution in [0.5, 0.6) is 0 Å². The van der Waals surface area contributed by atoms with Crippen LogP contribution in [0.15, 0.2) is 216 Å². The molecule has 0 amide bonds. The lowest BCUT2D eigenvalue weighted by molar-refractivity contribution is 0.674. The zero-order valence-electron chi connectivity index (χ0n) is 48.9. The summed E-state index contributed by atoms with van der Waals surface area (Å²) < 4.78 is 199. The molecule has 10 rings (SSSR count). The van der Waals surface area contributed by atoms with Crippen LogP contribution in [-0.2, 0) is 0 Å². The van der Waals surface area contributed by atoms with Gasteiger partial charge in [0.25, 0.3) is 0 Å². The largest absolute Gasteiger partial charge is 0.455 e. The first kappa shape index (κ1) is 16.7. The quantitative estimate of drug-likeness (QED) is 0.164. The molecule has 10 aromatic rings. The van der Waals surface area contributed by atoms with Gasteiger partial charge in [0.2, 0.25) is 0 Å². The molecule has 0 saturated carbocycles. The van der Waals surface area contributed by atoms with Gasteiger partial charge in [0.1, 0.15) is 11.2 Å². The van der Waals surface area contributed by atoms with E-state index < -0.39 is 188 Å². The van der Waals surface area contributed by atoms with Crippen molar-refractivity contribution in [1.82, 2.24) is 0 Å². The Balaban J connectivity index is 1.51. The molecule has 254 valence electrons. The molecule has 9 aromatic carbocycles. The molecule has 0 fully saturated rings. The summed E-state index contributed by atoms with van der Waals surface area (Å²) in [7, 11) is 0. The predicted molar refractivity (Wildman–Crippen MR) is 228 cm³/mol. The van der Waals surface area contributed by atoms with E-state index in [9.17, 15) is 12.3 Å². The number of fused-ring (bicyclic) bond motifs is 5. The van der Waals surface area contributed by atoms with E-state index in [0.717, 1.165) is 4.90 Å². The van der Waals surface area contributed by atoms with Crippen molar-refractivity contribution in [3.05, 3.63) is 212 Å². The third kappa shape index (κ3) is 5.53. The van der Waals surface area contributed by atoms with Gasteiger partial charge in [0.15, 0.2) is 0 Å². The lowest BCUT2D eigenvalue weighted by Gasteiger charge is -2.27. The highest BCUT2D eigenvalue weighted by molar-refractivity contribution is 6.24. The highest BCUT2D eigenvalue weighted by Crippen LogP contribution is 2.49. The van der Waals surface area contributed by atoms with Crippen LogP contribution in [0, 0.1) is 0 Å². The minimum absolute atomic E-state index is 0.386.